The van der Waals surface area contributed by atoms with Crippen LogP contribution in [-0.4, -0.2) is 40.2 Å². The van der Waals surface area contributed by atoms with Crippen molar-refractivity contribution in [1.82, 2.24) is 19.9 Å². The lowest BCUT2D eigenvalue weighted by atomic mass is 10.2. The number of hydrogen-bond donors (Lipinski definition) is 2. The number of rotatable bonds is 9. The molecule has 2 heterocycles. The topological polar surface area (TPSA) is 81.1 Å². The normalized spacial score (nSPS) is 10.6. The number of anilines is 2. The van der Waals surface area contributed by atoms with Crippen molar-refractivity contribution in [2.45, 2.75) is 13.3 Å². The predicted octanol–water partition coefficient (Wildman–Crippen LogP) is 3.38. The van der Waals surface area contributed by atoms with Crippen molar-refractivity contribution in [3.05, 3.63) is 60.7 Å². The van der Waals surface area contributed by atoms with Crippen LogP contribution in [-0.2, 0) is 11.8 Å². The van der Waals surface area contributed by atoms with Gasteiger partial charge in [-0.05, 0) is 31.5 Å². The molecule has 146 valence electrons. The molecule has 0 spiro atoms. The average molecular weight is 379 g/mol. The van der Waals surface area contributed by atoms with E-state index in [1.807, 2.05) is 61.1 Å². The number of hydrogen-bond acceptors (Lipinski definition) is 5. The van der Waals surface area contributed by atoms with Crippen LogP contribution in [0.25, 0.3) is 11.1 Å². The SMILES string of the molecule is CCOCCCNC(=O)c1cc(-c2cnc(Nc3ccccc3)nc2)cn1C. The quantitative estimate of drug-likeness (QED) is 0.557. The first-order valence-electron chi connectivity index (χ1n) is 9.34. The number of aromatic nitrogens is 3. The van der Waals surface area contributed by atoms with E-state index < -0.39 is 0 Å². The van der Waals surface area contributed by atoms with Gasteiger partial charge in [-0.15, -0.1) is 0 Å². The highest BCUT2D eigenvalue weighted by Crippen LogP contribution is 2.21. The summed E-state index contributed by atoms with van der Waals surface area (Å²) in [6, 6.07) is 11.6. The average Bonchev–Trinajstić information content (AvgIpc) is 3.11. The van der Waals surface area contributed by atoms with E-state index in [1.54, 1.807) is 12.4 Å². The number of ether oxygens (including phenoxy) is 1. The molecular formula is C21H25N5O2. The summed E-state index contributed by atoms with van der Waals surface area (Å²) in [5.74, 6) is 0.423. The van der Waals surface area contributed by atoms with Gasteiger partial charge in [-0.25, -0.2) is 9.97 Å². The smallest absolute Gasteiger partial charge is 0.267 e. The van der Waals surface area contributed by atoms with Gasteiger partial charge in [-0.3, -0.25) is 4.79 Å². The Morgan fingerprint density at radius 3 is 2.61 bits per heavy atom. The van der Waals surface area contributed by atoms with Crippen molar-refractivity contribution in [3.63, 3.8) is 0 Å². The number of nitrogens with one attached hydrogen (secondary N) is 2. The molecule has 1 aromatic carbocycles. The molecule has 7 nitrogen and oxygen atoms in total. The van der Waals surface area contributed by atoms with Crippen molar-refractivity contribution >= 4 is 17.5 Å². The molecule has 0 atom stereocenters. The Morgan fingerprint density at radius 2 is 1.89 bits per heavy atom. The second-order valence-electron chi connectivity index (χ2n) is 6.32. The van der Waals surface area contributed by atoms with Gasteiger partial charge in [0.2, 0.25) is 5.95 Å². The maximum Gasteiger partial charge on any atom is 0.267 e. The van der Waals surface area contributed by atoms with Gasteiger partial charge in [0.05, 0.1) is 0 Å². The van der Waals surface area contributed by atoms with Crippen molar-refractivity contribution in [2.75, 3.05) is 25.1 Å². The molecule has 3 aromatic rings. The minimum atomic E-state index is -0.103. The maximum atomic E-state index is 12.4. The highest BCUT2D eigenvalue weighted by atomic mass is 16.5. The van der Waals surface area contributed by atoms with Crippen LogP contribution >= 0.6 is 0 Å². The van der Waals surface area contributed by atoms with Gasteiger partial charge in [0.25, 0.3) is 5.91 Å². The first-order valence-corrected chi connectivity index (χ1v) is 9.34. The summed E-state index contributed by atoms with van der Waals surface area (Å²) in [7, 11) is 1.85. The van der Waals surface area contributed by atoms with Crippen molar-refractivity contribution in [1.29, 1.82) is 0 Å². The minimum absolute atomic E-state index is 0.103. The Kier molecular flexibility index (Phi) is 6.75. The molecule has 7 heteroatoms. The van der Waals surface area contributed by atoms with E-state index in [1.165, 1.54) is 0 Å². The van der Waals surface area contributed by atoms with E-state index in [0.29, 0.717) is 31.4 Å². The molecular weight excluding hydrogens is 354 g/mol. The first-order chi connectivity index (χ1) is 13.7. The summed E-state index contributed by atoms with van der Waals surface area (Å²) in [6.07, 6.45) is 6.19. The van der Waals surface area contributed by atoms with Gasteiger partial charge in [-0.1, -0.05) is 18.2 Å². The van der Waals surface area contributed by atoms with E-state index in [2.05, 4.69) is 20.6 Å². The van der Waals surface area contributed by atoms with Crippen LogP contribution in [0.5, 0.6) is 0 Å². The van der Waals surface area contributed by atoms with Gasteiger partial charge in [0.15, 0.2) is 0 Å². The molecule has 0 aliphatic heterocycles. The monoisotopic (exact) mass is 379 g/mol. The fourth-order valence-electron chi connectivity index (χ4n) is 2.75. The summed E-state index contributed by atoms with van der Waals surface area (Å²) in [5, 5.41) is 6.07. The Hall–Kier alpha value is -3.19. The molecule has 0 saturated carbocycles. The summed E-state index contributed by atoms with van der Waals surface area (Å²) in [6.45, 7) is 3.88. The predicted molar refractivity (Wildman–Crippen MR) is 110 cm³/mol. The Balaban J connectivity index is 1.62. The van der Waals surface area contributed by atoms with Gasteiger partial charge in [0.1, 0.15) is 5.69 Å². The third kappa shape index (κ3) is 5.17. The van der Waals surface area contributed by atoms with Crippen LogP contribution in [0.15, 0.2) is 55.0 Å². The molecule has 28 heavy (non-hydrogen) atoms. The molecule has 0 unspecified atom stereocenters. The molecule has 0 saturated heterocycles. The molecule has 2 N–H and O–H groups in total. The summed E-state index contributed by atoms with van der Waals surface area (Å²) in [4.78, 5) is 21.1. The second kappa shape index (κ2) is 9.66. The van der Waals surface area contributed by atoms with Crippen LogP contribution in [0, 0.1) is 0 Å². The molecule has 0 bridgehead atoms. The van der Waals surface area contributed by atoms with Crippen LogP contribution in [0.2, 0.25) is 0 Å². The second-order valence-corrected chi connectivity index (χ2v) is 6.32. The number of amides is 1. The zero-order valence-corrected chi connectivity index (χ0v) is 16.2. The first kappa shape index (κ1) is 19.6. The Bertz CT molecular complexity index is 891. The number of nitrogens with zero attached hydrogens (tertiary/aromatic N) is 3. The number of carbonyl (C=O) groups excluding carboxylic acids is 1. The molecule has 2 aromatic heterocycles. The largest absolute Gasteiger partial charge is 0.382 e. The molecule has 1 amide bonds. The molecule has 0 radical (unpaired) electrons. The number of benzene rings is 1. The fraction of sp³-hybridized carbons (Fsp3) is 0.286. The van der Waals surface area contributed by atoms with Crippen LogP contribution in [0.4, 0.5) is 11.6 Å². The van der Waals surface area contributed by atoms with Gasteiger partial charge in [-0.2, -0.15) is 0 Å². The molecule has 0 fully saturated rings. The van der Waals surface area contributed by atoms with Crippen LogP contribution in [0.3, 0.4) is 0 Å². The lowest BCUT2D eigenvalue weighted by Crippen LogP contribution is -2.26. The summed E-state index contributed by atoms with van der Waals surface area (Å²) in [5.41, 5.74) is 3.27. The van der Waals surface area contributed by atoms with E-state index >= 15 is 0 Å². The highest BCUT2D eigenvalue weighted by molar-refractivity contribution is 5.94. The van der Waals surface area contributed by atoms with Gasteiger partial charge >= 0.3 is 0 Å². The summed E-state index contributed by atoms with van der Waals surface area (Å²) >= 11 is 0. The number of para-hydroxylation sites is 1. The maximum absolute atomic E-state index is 12.4. The van der Waals surface area contributed by atoms with Crippen LogP contribution < -0.4 is 10.6 Å². The number of aryl methyl sites for hydroxylation is 1. The minimum Gasteiger partial charge on any atom is -0.382 e. The number of carbonyl (C=O) groups is 1. The van der Waals surface area contributed by atoms with Crippen LogP contribution in [0.1, 0.15) is 23.8 Å². The molecule has 3 rings (SSSR count). The lowest BCUT2D eigenvalue weighted by molar-refractivity contribution is 0.0936. The van der Waals surface area contributed by atoms with Crippen molar-refractivity contribution in [2.24, 2.45) is 7.05 Å². The molecule has 0 aliphatic rings. The summed E-state index contributed by atoms with van der Waals surface area (Å²) < 4.78 is 7.09. The standard InChI is InChI=1S/C21H25N5O2/c1-3-28-11-7-10-22-20(27)19-12-16(15-26(19)2)17-13-23-21(24-14-17)25-18-8-5-4-6-9-18/h4-6,8-9,12-15H,3,7,10-11H2,1-2H3,(H,22,27)(H,23,24,25). The van der Waals surface area contributed by atoms with E-state index in [0.717, 1.165) is 23.2 Å². The van der Waals surface area contributed by atoms with Gasteiger partial charge in [0, 0.05) is 62.2 Å². The Labute approximate surface area is 164 Å². The Morgan fingerprint density at radius 1 is 1.14 bits per heavy atom. The zero-order chi connectivity index (χ0) is 19.8. The highest BCUT2D eigenvalue weighted by Gasteiger charge is 2.13. The van der Waals surface area contributed by atoms with E-state index in [9.17, 15) is 4.79 Å². The third-order valence-electron chi connectivity index (χ3n) is 4.21. The van der Waals surface area contributed by atoms with Crippen molar-refractivity contribution < 1.29 is 9.53 Å². The fourth-order valence-corrected chi connectivity index (χ4v) is 2.75. The van der Waals surface area contributed by atoms with Gasteiger partial charge < -0.3 is 19.9 Å². The van der Waals surface area contributed by atoms with E-state index in [4.69, 9.17) is 4.74 Å². The van der Waals surface area contributed by atoms with E-state index in [-0.39, 0.29) is 5.91 Å². The van der Waals surface area contributed by atoms with Crippen molar-refractivity contribution in [3.8, 4) is 11.1 Å². The zero-order valence-electron chi connectivity index (χ0n) is 16.2. The lowest BCUT2D eigenvalue weighted by Gasteiger charge is -2.05. The molecule has 0 aliphatic carbocycles. The third-order valence-corrected chi connectivity index (χ3v) is 4.21.